The molecule has 1 N–H and O–H groups in total. The number of pyridine rings is 1. The summed E-state index contributed by atoms with van der Waals surface area (Å²) in [5, 5.41) is 3.45. The van der Waals surface area contributed by atoms with E-state index in [2.05, 4.69) is 24.1 Å². The summed E-state index contributed by atoms with van der Waals surface area (Å²) >= 11 is 0. The number of halogens is 1. The fourth-order valence-electron chi connectivity index (χ4n) is 1.92. The lowest BCUT2D eigenvalue weighted by atomic mass is 10.0. The predicted octanol–water partition coefficient (Wildman–Crippen LogP) is 2.93. The van der Waals surface area contributed by atoms with E-state index < -0.39 is 0 Å². The first-order valence-corrected chi connectivity index (χ1v) is 6.09. The Hall–Kier alpha value is -0.960. The van der Waals surface area contributed by atoms with Gasteiger partial charge in [0.1, 0.15) is 5.82 Å². The zero-order chi connectivity index (χ0) is 11.8. The van der Waals surface area contributed by atoms with Crippen LogP contribution in [0.25, 0.3) is 0 Å². The summed E-state index contributed by atoms with van der Waals surface area (Å²) < 4.78 is 12.9. The number of aromatic nitrogens is 1. The van der Waals surface area contributed by atoms with Gasteiger partial charge >= 0.3 is 0 Å². The Kier molecular flexibility index (Phi) is 6.01. The minimum atomic E-state index is -0.243. The molecule has 16 heavy (non-hydrogen) atoms. The molecule has 0 bridgehead atoms. The first-order valence-electron chi connectivity index (χ1n) is 6.09. The Morgan fingerprint density at radius 2 is 2.12 bits per heavy atom. The molecule has 1 aromatic rings. The summed E-state index contributed by atoms with van der Waals surface area (Å²) in [4.78, 5) is 3.86. The van der Waals surface area contributed by atoms with Crippen LogP contribution in [0, 0.1) is 5.82 Å². The van der Waals surface area contributed by atoms with Gasteiger partial charge in [-0.2, -0.15) is 0 Å². The van der Waals surface area contributed by atoms with Crippen LogP contribution in [0.15, 0.2) is 18.5 Å². The minimum absolute atomic E-state index is 0.243. The molecular weight excluding hydrogens is 203 g/mol. The molecule has 0 fully saturated rings. The van der Waals surface area contributed by atoms with Crippen molar-refractivity contribution in [3.05, 3.63) is 29.8 Å². The van der Waals surface area contributed by atoms with Gasteiger partial charge in [0.2, 0.25) is 0 Å². The van der Waals surface area contributed by atoms with Crippen molar-refractivity contribution in [2.24, 2.45) is 0 Å². The maximum absolute atomic E-state index is 12.9. The third-order valence-corrected chi connectivity index (χ3v) is 2.67. The van der Waals surface area contributed by atoms with Gasteiger partial charge in [0, 0.05) is 12.2 Å². The van der Waals surface area contributed by atoms with E-state index in [1.165, 1.54) is 19.0 Å². The van der Waals surface area contributed by atoms with Gasteiger partial charge in [-0.15, -0.1) is 0 Å². The van der Waals surface area contributed by atoms with E-state index in [-0.39, 0.29) is 5.82 Å². The maximum atomic E-state index is 12.9. The van der Waals surface area contributed by atoms with E-state index in [4.69, 9.17) is 0 Å². The molecule has 1 unspecified atom stereocenters. The molecule has 90 valence electrons. The highest BCUT2D eigenvalue weighted by Gasteiger charge is 2.06. The van der Waals surface area contributed by atoms with Gasteiger partial charge in [0.05, 0.1) is 6.20 Å². The van der Waals surface area contributed by atoms with Crippen LogP contribution >= 0.6 is 0 Å². The Balaban J connectivity index is 2.41. The van der Waals surface area contributed by atoms with Gasteiger partial charge in [-0.3, -0.25) is 4.98 Å². The monoisotopic (exact) mass is 224 g/mol. The van der Waals surface area contributed by atoms with Gasteiger partial charge in [-0.1, -0.05) is 20.3 Å². The molecule has 0 aromatic carbocycles. The zero-order valence-electron chi connectivity index (χ0n) is 10.2. The van der Waals surface area contributed by atoms with Crippen molar-refractivity contribution in [1.29, 1.82) is 0 Å². The van der Waals surface area contributed by atoms with Crippen LogP contribution in [0.1, 0.15) is 38.7 Å². The molecule has 0 radical (unpaired) electrons. The van der Waals surface area contributed by atoms with E-state index in [1.807, 2.05) is 0 Å². The van der Waals surface area contributed by atoms with Gasteiger partial charge in [-0.25, -0.2) is 4.39 Å². The topological polar surface area (TPSA) is 24.9 Å². The summed E-state index contributed by atoms with van der Waals surface area (Å²) in [7, 11) is 0. The first-order chi connectivity index (χ1) is 7.76. The van der Waals surface area contributed by atoms with Crippen LogP contribution in [-0.2, 0) is 6.42 Å². The molecule has 0 spiro atoms. The highest BCUT2D eigenvalue weighted by molar-refractivity contribution is 5.10. The second kappa shape index (κ2) is 7.34. The fourth-order valence-corrected chi connectivity index (χ4v) is 1.92. The van der Waals surface area contributed by atoms with Crippen molar-refractivity contribution in [2.75, 3.05) is 6.54 Å². The van der Waals surface area contributed by atoms with Crippen molar-refractivity contribution in [3.63, 3.8) is 0 Å². The molecule has 0 saturated heterocycles. The van der Waals surface area contributed by atoms with Gasteiger partial charge in [-0.05, 0) is 37.4 Å². The smallest absolute Gasteiger partial charge is 0.141 e. The zero-order valence-corrected chi connectivity index (χ0v) is 10.2. The van der Waals surface area contributed by atoms with Crippen LogP contribution in [0.2, 0.25) is 0 Å². The second-order valence-electron chi connectivity index (χ2n) is 4.09. The number of rotatable bonds is 7. The maximum Gasteiger partial charge on any atom is 0.141 e. The molecule has 0 saturated carbocycles. The summed E-state index contributed by atoms with van der Waals surface area (Å²) in [6, 6.07) is 2.11. The molecule has 0 aliphatic rings. The molecule has 3 heteroatoms. The summed E-state index contributed by atoms with van der Waals surface area (Å²) in [5.41, 5.74) is 0.985. The van der Waals surface area contributed by atoms with Crippen molar-refractivity contribution in [2.45, 2.75) is 45.6 Å². The van der Waals surface area contributed by atoms with E-state index in [1.54, 1.807) is 12.3 Å². The normalized spacial score (nSPS) is 12.7. The average molecular weight is 224 g/mol. The van der Waals surface area contributed by atoms with E-state index in [0.29, 0.717) is 6.04 Å². The van der Waals surface area contributed by atoms with Crippen LogP contribution in [-0.4, -0.2) is 17.6 Å². The van der Waals surface area contributed by atoms with Crippen LogP contribution in [0.5, 0.6) is 0 Å². The minimum Gasteiger partial charge on any atom is -0.314 e. The molecule has 0 aliphatic heterocycles. The fraction of sp³-hybridized carbons (Fsp3) is 0.615. The first kappa shape index (κ1) is 13.1. The Morgan fingerprint density at radius 3 is 2.75 bits per heavy atom. The van der Waals surface area contributed by atoms with E-state index in [0.717, 1.165) is 24.9 Å². The van der Waals surface area contributed by atoms with Crippen LogP contribution in [0.4, 0.5) is 4.39 Å². The molecule has 2 nitrogen and oxygen atoms in total. The molecule has 1 heterocycles. The largest absolute Gasteiger partial charge is 0.314 e. The number of nitrogens with zero attached hydrogens (tertiary/aromatic N) is 1. The van der Waals surface area contributed by atoms with E-state index >= 15 is 0 Å². The van der Waals surface area contributed by atoms with Crippen molar-refractivity contribution >= 4 is 0 Å². The Labute approximate surface area is 97.3 Å². The number of hydrogen-bond donors (Lipinski definition) is 1. The van der Waals surface area contributed by atoms with Gasteiger partial charge in [0.25, 0.3) is 0 Å². The summed E-state index contributed by atoms with van der Waals surface area (Å²) in [6.45, 7) is 5.30. The highest BCUT2D eigenvalue weighted by Crippen LogP contribution is 2.09. The van der Waals surface area contributed by atoms with Crippen LogP contribution < -0.4 is 5.32 Å². The van der Waals surface area contributed by atoms with E-state index in [9.17, 15) is 4.39 Å². The van der Waals surface area contributed by atoms with Crippen molar-refractivity contribution in [1.82, 2.24) is 10.3 Å². The quantitative estimate of drug-likeness (QED) is 0.770. The third-order valence-electron chi connectivity index (χ3n) is 2.67. The Morgan fingerprint density at radius 1 is 1.31 bits per heavy atom. The SMILES string of the molecule is CCCC(CCc1cncc(F)c1)NCC. The standard InChI is InChI=1S/C13H21FN2/c1-3-5-13(16-4-2)7-6-11-8-12(14)10-15-9-11/h8-10,13,16H,3-7H2,1-2H3. The predicted molar refractivity (Wildman–Crippen MR) is 64.9 cm³/mol. The second-order valence-corrected chi connectivity index (χ2v) is 4.09. The average Bonchev–Trinajstić information content (AvgIpc) is 2.27. The van der Waals surface area contributed by atoms with Crippen LogP contribution in [0.3, 0.4) is 0 Å². The highest BCUT2D eigenvalue weighted by atomic mass is 19.1. The number of hydrogen-bond acceptors (Lipinski definition) is 2. The summed E-state index contributed by atoms with van der Waals surface area (Å²) in [6.07, 6.45) is 7.29. The lowest BCUT2D eigenvalue weighted by Gasteiger charge is -2.16. The summed E-state index contributed by atoms with van der Waals surface area (Å²) in [5.74, 6) is -0.243. The lowest BCUT2D eigenvalue weighted by molar-refractivity contribution is 0.459. The van der Waals surface area contributed by atoms with Gasteiger partial charge < -0.3 is 5.32 Å². The number of nitrogens with one attached hydrogen (secondary N) is 1. The van der Waals surface area contributed by atoms with Gasteiger partial charge in [0.15, 0.2) is 0 Å². The molecule has 1 rings (SSSR count). The third kappa shape index (κ3) is 4.71. The lowest BCUT2D eigenvalue weighted by Crippen LogP contribution is -2.29. The molecule has 0 aliphatic carbocycles. The molecule has 0 amide bonds. The van der Waals surface area contributed by atoms with Crippen molar-refractivity contribution in [3.8, 4) is 0 Å². The Bertz CT molecular complexity index is 296. The molecule has 1 aromatic heterocycles. The molecule has 1 atom stereocenters. The van der Waals surface area contributed by atoms with Crippen molar-refractivity contribution < 1.29 is 4.39 Å². The molecular formula is C13H21FN2. The number of aryl methyl sites for hydroxylation is 1.